The maximum absolute atomic E-state index is 12.9. The molecule has 1 unspecified atom stereocenters. The number of hydrogen-bond donors (Lipinski definition) is 0. The molecule has 4 rings (SSSR count). The minimum Gasteiger partial charge on any atom is -0.489 e. The Bertz CT molecular complexity index is 853. The number of aromatic nitrogens is 1. The van der Waals surface area contributed by atoms with E-state index in [0.29, 0.717) is 19.6 Å². The van der Waals surface area contributed by atoms with E-state index >= 15 is 0 Å². The molecular formula is C21H22BrN3O3. The van der Waals surface area contributed by atoms with Gasteiger partial charge in [0.25, 0.3) is 0 Å². The van der Waals surface area contributed by atoms with Crippen molar-refractivity contribution in [2.24, 2.45) is 5.92 Å². The summed E-state index contributed by atoms with van der Waals surface area (Å²) in [6, 6.07) is 11.4. The molecule has 146 valence electrons. The van der Waals surface area contributed by atoms with Crippen molar-refractivity contribution in [2.75, 3.05) is 24.5 Å². The number of rotatable bonds is 4. The molecule has 0 bridgehead atoms. The van der Waals surface area contributed by atoms with Gasteiger partial charge in [-0.2, -0.15) is 0 Å². The monoisotopic (exact) mass is 443 g/mol. The highest BCUT2D eigenvalue weighted by Crippen LogP contribution is 2.29. The summed E-state index contributed by atoms with van der Waals surface area (Å²) in [5.74, 6) is 0.567. The van der Waals surface area contributed by atoms with Crippen molar-refractivity contribution in [2.45, 2.75) is 25.4 Å². The average molecular weight is 444 g/mol. The van der Waals surface area contributed by atoms with Crippen LogP contribution in [0.4, 0.5) is 5.69 Å². The van der Waals surface area contributed by atoms with E-state index in [0.717, 1.165) is 28.8 Å². The van der Waals surface area contributed by atoms with E-state index in [4.69, 9.17) is 4.74 Å². The minimum atomic E-state index is -0.276. The van der Waals surface area contributed by atoms with E-state index in [2.05, 4.69) is 20.9 Å². The second kappa shape index (κ2) is 8.31. The zero-order valence-electron chi connectivity index (χ0n) is 15.5. The van der Waals surface area contributed by atoms with Gasteiger partial charge in [0.05, 0.1) is 12.1 Å². The van der Waals surface area contributed by atoms with Crippen LogP contribution in [-0.4, -0.2) is 47.4 Å². The maximum Gasteiger partial charge on any atom is 0.228 e. The second-order valence-electron chi connectivity index (χ2n) is 7.22. The molecule has 1 aromatic carbocycles. The van der Waals surface area contributed by atoms with Gasteiger partial charge in [0, 0.05) is 55.3 Å². The number of hydrogen-bond acceptors (Lipinski definition) is 4. The molecule has 0 radical (unpaired) electrons. The number of anilines is 1. The van der Waals surface area contributed by atoms with Crippen LogP contribution >= 0.6 is 15.9 Å². The first-order valence-electron chi connectivity index (χ1n) is 9.51. The Labute approximate surface area is 172 Å². The number of benzene rings is 1. The molecule has 0 aliphatic carbocycles. The summed E-state index contributed by atoms with van der Waals surface area (Å²) in [5, 5.41) is 0. The maximum atomic E-state index is 12.9. The first-order chi connectivity index (χ1) is 13.6. The largest absolute Gasteiger partial charge is 0.489 e. The fourth-order valence-electron chi connectivity index (χ4n) is 3.83. The molecule has 1 atom stereocenters. The smallest absolute Gasteiger partial charge is 0.228 e. The number of piperidine rings is 1. The van der Waals surface area contributed by atoms with Gasteiger partial charge in [0.2, 0.25) is 11.8 Å². The fraction of sp³-hybridized carbons (Fsp3) is 0.381. The summed E-state index contributed by atoms with van der Waals surface area (Å²) in [6.45, 7) is 1.76. The third kappa shape index (κ3) is 4.19. The van der Waals surface area contributed by atoms with Gasteiger partial charge in [-0.05, 0) is 30.3 Å². The highest BCUT2D eigenvalue weighted by Gasteiger charge is 2.38. The molecule has 0 spiro atoms. The Morgan fingerprint density at radius 3 is 2.71 bits per heavy atom. The van der Waals surface area contributed by atoms with Crippen molar-refractivity contribution in [1.29, 1.82) is 0 Å². The van der Waals surface area contributed by atoms with Gasteiger partial charge in [-0.25, -0.2) is 0 Å². The molecular weight excluding hydrogens is 422 g/mol. The summed E-state index contributed by atoms with van der Waals surface area (Å²) in [7, 11) is 0. The second-order valence-corrected chi connectivity index (χ2v) is 8.13. The zero-order valence-corrected chi connectivity index (χ0v) is 17.0. The zero-order chi connectivity index (χ0) is 19.5. The van der Waals surface area contributed by atoms with Crippen LogP contribution in [0, 0.1) is 5.92 Å². The molecule has 2 aliphatic heterocycles. The molecule has 7 heteroatoms. The standard InChI is InChI=1S/C21H22BrN3O3/c22-16-3-1-4-17(12-16)25-14-15(11-20(25)26)21(27)24-9-6-18(7-10-24)28-19-5-2-8-23-13-19/h1-5,8,12-13,15,18H,6-7,9-11,14H2. The Morgan fingerprint density at radius 2 is 2.00 bits per heavy atom. The number of nitrogens with zero attached hydrogens (tertiary/aromatic N) is 3. The first-order valence-corrected chi connectivity index (χ1v) is 10.3. The molecule has 3 heterocycles. The number of carbonyl (C=O) groups excluding carboxylic acids is 2. The van der Waals surface area contributed by atoms with Crippen molar-refractivity contribution in [3.05, 3.63) is 53.3 Å². The van der Waals surface area contributed by atoms with Crippen LogP contribution in [0.5, 0.6) is 5.75 Å². The number of ether oxygens (including phenoxy) is 1. The van der Waals surface area contributed by atoms with Gasteiger partial charge in [0.15, 0.2) is 0 Å². The van der Waals surface area contributed by atoms with Gasteiger partial charge in [-0.1, -0.05) is 22.0 Å². The highest BCUT2D eigenvalue weighted by atomic mass is 79.9. The number of halogens is 1. The lowest BCUT2D eigenvalue weighted by molar-refractivity contribution is -0.137. The normalized spacial score (nSPS) is 20.5. The fourth-order valence-corrected chi connectivity index (χ4v) is 4.22. The Hall–Kier alpha value is -2.41. The van der Waals surface area contributed by atoms with Crippen LogP contribution < -0.4 is 9.64 Å². The highest BCUT2D eigenvalue weighted by molar-refractivity contribution is 9.10. The third-order valence-electron chi connectivity index (χ3n) is 5.28. The van der Waals surface area contributed by atoms with Crippen molar-refractivity contribution in [3.8, 4) is 5.75 Å². The number of amides is 2. The van der Waals surface area contributed by atoms with E-state index in [1.54, 1.807) is 17.3 Å². The summed E-state index contributed by atoms with van der Waals surface area (Å²) in [6.07, 6.45) is 5.37. The minimum absolute atomic E-state index is 0.00578. The van der Waals surface area contributed by atoms with Crippen LogP contribution in [-0.2, 0) is 9.59 Å². The molecule has 1 aromatic heterocycles. The van der Waals surface area contributed by atoms with E-state index in [1.165, 1.54) is 0 Å². The quantitative estimate of drug-likeness (QED) is 0.727. The van der Waals surface area contributed by atoms with E-state index in [9.17, 15) is 9.59 Å². The van der Waals surface area contributed by atoms with Gasteiger partial charge in [-0.15, -0.1) is 0 Å². The predicted molar refractivity (Wildman–Crippen MR) is 109 cm³/mol. The molecule has 0 saturated carbocycles. The molecule has 2 saturated heterocycles. The summed E-state index contributed by atoms with van der Waals surface area (Å²) < 4.78 is 6.86. The van der Waals surface area contributed by atoms with Gasteiger partial charge in [-0.3, -0.25) is 14.6 Å². The Kier molecular flexibility index (Phi) is 5.62. The molecule has 28 heavy (non-hydrogen) atoms. The Morgan fingerprint density at radius 1 is 1.18 bits per heavy atom. The molecule has 2 aromatic rings. The lowest BCUT2D eigenvalue weighted by Gasteiger charge is -2.33. The summed E-state index contributed by atoms with van der Waals surface area (Å²) >= 11 is 3.44. The van der Waals surface area contributed by atoms with Gasteiger partial charge < -0.3 is 14.5 Å². The summed E-state index contributed by atoms with van der Waals surface area (Å²) in [5.41, 5.74) is 0.832. The van der Waals surface area contributed by atoms with Crippen molar-refractivity contribution < 1.29 is 14.3 Å². The lowest BCUT2D eigenvalue weighted by atomic mass is 10.0. The number of pyridine rings is 1. The van der Waals surface area contributed by atoms with Crippen LogP contribution in [0.3, 0.4) is 0 Å². The molecule has 2 amide bonds. The topological polar surface area (TPSA) is 62.7 Å². The molecule has 6 nitrogen and oxygen atoms in total. The third-order valence-corrected chi connectivity index (χ3v) is 5.78. The van der Waals surface area contributed by atoms with E-state index in [1.807, 2.05) is 41.3 Å². The van der Waals surface area contributed by atoms with Crippen molar-refractivity contribution in [3.63, 3.8) is 0 Å². The van der Waals surface area contributed by atoms with Crippen LogP contribution in [0.1, 0.15) is 19.3 Å². The van der Waals surface area contributed by atoms with Gasteiger partial charge in [0.1, 0.15) is 11.9 Å². The lowest BCUT2D eigenvalue weighted by Crippen LogP contribution is -2.44. The van der Waals surface area contributed by atoms with Crippen LogP contribution in [0.2, 0.25) is 0 Å². The van der Waals surface area contributed by atoms with E-state index in [-0.39, 0.29) is 30.3 Å². The van der Waals surface area contributed by atoms with E-state index < -0.39 is 0 Å². The SMILES string of the molecule is O=C(C1CC(=O)N(c2cccc(Br)c2)C1)N1CCC(Oc2cccnc2)CC1. The Balaban J connectivity index is 1.32. The average Bonchev–Trinajstić information content (AvgIpc) is 3.10. The molecule has 2 aliphatic rings. The van der Waals surface area contributed by atoms with Crippen molar-refractivity contribution in [1.82, 2.24) is 9.88 Å². The molecule has 2 fully saturated rings. The van der Waals surface area contributed by atoms with Crippen LogP contribution in [0.25, 0.3) is 0 Å². The predicted octanol–water partition coefficient (Wildman–Crippen LogP) is 3.27. The van der Waals surface area contributed by atoms with Crippen molar-refractivity contribution >= 4 is 33.4 Å². The number of likely N-dealkylation sites (tertiary alicyclic amines) is 1. The van der Waals surface area contributed by atoms with Gasteiger partial charge >= 0.3 is 0 Å². The molecule has 0 N–H and O–H groups in total. The van der Waals surface area contributed by atoms with Crippen LogP contribution in [0.15, 0.2) is 53.3 Å². The number of carbonyl (C=O) groups is 2. The first kappa shape index (κ1) is 18.9. The summed E-state index contributed by atoms with van der Waals surface area (Å²) in [4.78, 5) is 33.1.